The van der Waals surface area contributed by atoms with Gasteiger partial charge >= 0.3 is 0 Å². The van der Waals surface area contributed by atoms with E-state index in [-0.39, 0.29) is 5.91 Å². The molecule has 1 aromatic carbocycles. The Bertz CT molecular complexity index is 453. The minimum atomic E-state index is -0.158. The lowest BCUT2D eigenvalue weighted by Crippen LogP contribution is -2.20. The molecule has 0 heterocycles. The molecule has 0 bridgehead atoms. The smallest absolute Gasteiger partial charge is 0.244 e. The van der Waals surface area contributed by atoms with E-state index in [9.17, 15) is 4.79 Å². The molecule has 90 valence electrons. The zero-order valence-electron chi connectivity index (χ0n) is 9.41. The van der Waals surface area contributed by atoms with Crippen molar-refractivity contribution in [3.8, 4) is 0 Å². The maximum atomic E-state index is 11.4. The first-order chi connectivity index (χ1) is 8.13. The topological polar surface area (TPSA) is 29.1 Å². The Morgan fingerprint density at radius 2 is 2.12 bits per heavy atom. The highest BCUT2D eigenvalue weighted by Crippen LogP contribution is 2.20. The number of benzene rings is 1. The highest BCUT2D eigenvalue weighted by molar-refractivity contribution is 6.35. The van der Waals surface area contributed by atoms with Crippen molar-refractivity contribution >= 4 is 29.1 Å². The van der Waals surface area contributed by atoms with E-state index in [2.05, 4.69) is 5.32 Å². The predicted octanol–water partition coefficient (Wildman–Crippen LogP) is 3.74. The monoisotopic (exact) mass is 269 g/mol. The second-order valence-corrected chi connectivity index (χ2v) is 4.18. The van der Waals surface area contributed by atoms with Gasteiger partial charge in [0.05, 0.1) is 0 Å². The Balaban J connectivity index is 2.53. The molecule has 0 saturated heterocycles. The summed E-state index contributed by atoms with van der Waals surface area (Å²) in [4.78, 5) is 11.4. The fourth-order valence-electron chi connectivity index (χ4n) is 1.16. The molecular formula is C13H13Cl2NO. The molecule has 0 radical (unpaired) electrons. The molecule has 0 aliphatic rings. The lowest BCUT2D eigenvalue weighted by atomic mass is 10.2. The first-order valence-electron chi connectivity index (χ1n) is 5.14. The first kappa shape index (κ1) is 13.8. The van der Waals surface area contributed by atoms with Gasteiger partial charge in [0.1, 0.15) is 0 Å². The standard InChI is InChI=1S/C13H13Cl2NO/c1-2-3-4-5-13(17)16-9-10-6-7-11(14)8-12(10)15/h2-8H,9H2,1H3,(H,16,17)/b3-2+,5-4+. The number of carbonyl (C=O) groups is 1. The van der Waals surface area contributed by atoms with Gasteiger partial charge in [0, 0.05) is 22.7 Å². The lowest BCUT2D eigenvalue weighted by Gasteiger charge is -2.05. The third-order valence-electron chi connectivity index (χ3n) is 2.02. The molecule has 4 heteroatoms. The second kappa shape index (κ2) is 7.15. The second-order valence-electron chi connectivity index (χ2n) is 3.34. The van der Waals surface area contributed by atoms with Crippen molar-refractivity contribution in [2.24, 2.45) is 0 Å². The summed E-state index contributed by atoms with van der Waals surface area (Å²) in [6.07, 6.45) is 6.78. The van der Waals surface area contributed by atoms with Gasteiger partial charge in [0.15, 0.2) is 0 Å². The van der Waals surface area contributed by atoms with Crippen LogP contribution >= 0.6 is 23.2 Å². The van der Waals surface area contributed by atoms with Gasteiger partial charge in [0.25, 0.3) is 0 Å². The molecule has 0 fully saturated rings. The van der Waals surface area contributed by atoms with Crippen LogP contribution in [-0.4, -0.2) is 5.91 Å². The molecule has 0 spiro atoms. The molecule has 0 aliphatic carbocycles. The van der Waals surface area contributed by atoms with E-state index in [0.29, 0.717) is 16.6 Å². The third kappa shape index (κ3) is 5.07. The summed E-state index contributed by atoms with van der Waals surface area (Å²) in [6.45, 7) is 2.27. The van der Waals surface area contributed by atoms with E-state index >= 15 is 0 Å². The van der Waals surface area contributed by atoms with Crippen molar-refractivity contribution in [2.45, 2.75) is 13.5 Å². The molecule has 1 N–H and O–H groups in total. The van der Waals surface area contributed by atoms with E-state index < -0.39 is 0 Å². The lowest BCUT2D eigenvalue weighted by molar-refractivity contribution is -0.116. The fourth-order valence-corrected chi connectivity index (χ4v) is 1.64. The summed E-state index contributed by atoms with van der Waals surface area (Å²) in [5, 5.41) is 3.86. The van der Waals surface area contributed by atoms with E-state index in [1.54, 1.807) is 30.4 Å². The number of hydrogen-bond acceptors (Lipinski definition) is 1. The molecule has 0 atom stereocenters. The molecule has 0 aromatic heterocycles. The highest BCUT2D eigenvalue weighted by atomic mass is 35.5. The Morgan fingerprint density at radius 3 is 2.76 bits per heavy atom. The van der Waals surface area contributed by atoms with Crippen LogP contribution in [0.3, 0.4) is 0 Å². The maximum Gasteiger partial charge on any atom is 0.244 e. The summed E-state index contributed by atoms with van der Waals surface area (Å²) < 4.78 is 0. The van der Waals surface area contributed by atoms with Crippen LogP contribution in [0, 0.1) is 0 Å². The zero-order valence-corrected chi connectivity index (χ0v) is 10.9. The fraction of sp³-hybridized carbons (Fsp3) is 0.154. The maximum absolute atomic E-state index is 11.4. The molecule has 0 aliphatic heterocycles. The average molecular weight is 270 g/mol. The highest BCUT2D eigenvalue weighted by Gasteiger charge is 2.02. The van der Waals surface area contributed by atoms with Crippen LogP contribution in [0.5, 0.6) is 0 Å². The van der Waals surface area contributed by atoms with Gasteiger partial charge in [-0.05, 0) is 24.6 Å². The van der Waals surface area contributed by atoms with Gasteiger partial charge in [0.2, 0.25) is 5.91 Å². The van der Waals surface area contributed by atoms with E-state index in [1.807, 2.05) is 13.0 Å². The number of nitrogens with one attached hydrogen (secondary N) is 1. The van der Waals surface area contributed by atoms with Crippen molar-refractivity contribution in [2.75, 3.05) is 0 Å². The third-order valence-corrected chi connectivity index (χ3v) is 2.61. The van der Waals surface area contributed by atoms with Crippen LogP contribution in [0.15, 0.2) is 42.5 Å². The SMILES string of the molecule is C/C=C/C=C/C(=O)NCc1ccc(Cl)cc1Cl. The normalized spacial score (nSPS) is 11.2. The van der Waals surface area contributed by atoms with Crippen LogP contribution in [0.25, 0.3) is 0 Å². The number of hydrogen-bond donors (Lipinski definition) is 1. The summed E-state index contributed by atoms with van der Waals surface area (Å²) in [5.74, 6) is -0.158. The van der Waals surface area contributed by atoms with Crippen LogP contribution in [0.2, 0.25) is 10.0 Å². The van der Waals surface area contributed by atoms with Crippen molar-refractivity contribution in [3.05, 3.63) is 58.1 Å². The average Bonchev–Trinajstić information content (AvgIpc) is 2.28. The van der Waals surface area contributed by atoms with Gasteiger partial charge in [-0.25, -0.2) is 0 Å². The zero-order chi connectivity index (χ0) is 12.7. The van der Waals surface area contributed by atoms with E-state index in [0.717, 1.165) is 5.56 Å². The van der Waals surface area contributed by atoms with Crippen LogP contribution in [0.1, 0.15) is 12.5 Å². The van der Waals surface area contributed by atoms with Gasteiger partial charge < -0.3 is 5.32 Å². The Labute approximate surface area is 111 Å². The summed E-state index contributed by atoms with van der Waals surface area (Å²) in [6, 6.07) is 5.19. The number of rotatable bonds is 4. The number of carbonyl (C=O) groups excluding carboxylic acids is 1. The summed E-state index contributed by atoms with van der Waals surface area (Å²) >= 11 is 11.7. The van der Waals surface area contributed by atoms with Gasteiger partial charge in [-0.3, -0.25) is 4.79 Å². The molecule has 1 rings (SSSR count). The molecule has 0 unspecified atom stereocenters. The molecule has 0 saturated carbocycles. The molecule has 1 aromatic rings. The van der Waals surface area contributed by atoms with Crippen molar-refractivity contribution < 1.29 is 4.79 Å². The van der Waals surface area contributed by atoms with E-state index in [4.69, 9.17) is 23.2 Å². The number of allylic oxidation sites excluding steroid dienone is 3. The molecule has 1 amide bonds. The Hall–Kier alpha value is -1.25. The van der Waals surface area contributed by atoms with Gasteiger partial charge in [-0.1, -0.05) is 47.5 Å². The summed E-state index contributed by atoms with van der Waals surface area (Å²) in [7, 11) is 0. The molecular weight excluding hydrogens is 257 g/mol. The first-order valence-corrected chi connectivity index (χ1v) is 5.90. The minimum absolute atomic E-state index is 0.158. The molecule has 17 heavy (non-hydrogen) atoms. The van der Waals surface area contributed by atoms with Crippen molar-refractivity contribution in [3.63, 3.8) is 0 Å². The van der Waals surface area contributed by atoms with Crippen LogP contribution < -0.4 is 5.32 Å². The van der Waals surface area contributed by atoms with E-state index in [1.165, 1.54) is 6.08 Å². The van der Waals surface area contributed by atoms with Crippen molar-refractivity contribution in [1.29, 1.82) is 0 Å². The quantitative estimate of drug-likeness (QED) is 0.655. The van der Waals surface area contributed by atoms with Crippen LogP contribution in [0.4, 0.5) is 0 Å². The predicted molar refractivity (Wildman–Crippen MR) is 72.3 cm³/mol. The van der Waals surface area contributed by atoms with Gasteiger partial charge in [-0.15, -0.1) is 0 Å². The molecule has 2 nitrogen and oxygen atoms in total. The number of amides is 1. The van der Waals surface area contributed by atoms with Crippen LogP contribution in [-0.2, 0) is 11.3 Å². The Kier molecular flexibility index (Phi) is 5.81. The largest absolute Gasteiger partial charge is 0.348 e. The minimum Gasteiger partial charge on any atom is -0.348 e. The van der Waals surface area contributed by atoms with Crippen molar-refractivity contribution in [1.82, 2.24) is 5.32 Å². The Morgan fingerprint density at radius 1 is 1.35 bits per heavy atom. The van der Waals surface area contributed by atoms with Gasteiger partial charge in [-0.2, -0.15) is 0 Å². The number of halogens is 2. The summed E-state index contributed by atoms with van der Waals surface area (Å²) in [5.41, 5.74) is 0.837.